The van der Waals surface area contributed by atoms with Crippen LogP contribution in [0.25, 0.3) is 22.3 Å². The third-order valence-corrected chi connectivity index (χ3v) is 3.98. The lowest BCUT2D eigenvalue weighted by Gasteiger charge is -2.17. The molecular formula is C17H15N3O. The van der Waals surface area contributed by atoms with Gasteiger partial charge in [0.05, 0.1) is 10.9 Å². The largest absolute Gasteiger partial charge is 0.312 e. The molecule has 3 aromatic rings. The van der Waals surface area contributed by atoms with Crippen LogP contribution in [0.5, 0.6) is 0 Å². The lowest BCUT2D eigenvalue weighted by Crippen LogP contribution is -2.23. The number of hydrogen-bond acceptors (Lipinski definition) is 3. The molecule has 4 heteroatoms. The molecule has 4 rings (SSSR count). The summed E-state index contributed by atoms with van der Waals surface area (Å²) in [5.41, 5.74) is 4.28. The van der Waals surface area contributed by atoms with Gasteiger partial charge in [0.25, 0.3) is 5.56 Å². The van der Waals surface area contributed by atoms with Crippen LogP contribution in [-0.2, 0) is 13.0 Å². The molecule has 1 aliphatic rings. The molecule has 0 aliphatic carbocycles. The van der Waals surface area contributed by atoms with E-state index in [0.29, 0.717) is 11.2 Å². The Morgan fingerprint density at radius 1 is 1.05 bits per heavy atom. The van der Waals surface area contributed by atoms with Gasteiger partial charge >= 0.3 is 0 Å². The Hall–Kier alpha value is -2.46. The van der Waals surface area contributed by atoms with Crippen molar-refractivity contribution in [2.24, 2.45) is 0 Å². The lowest BCUT2D eigenvalue weighted by molar-refractivity contribution is 0.644. The van der Waals surface area contributed by atoms with Gasteiger partial charge in [-0.3, -0.25) is 4.79 Å². The fraction of sp³-hybridized carbons (Fsp3) is 0.176. The molecule has 2 N–H and O–H groups in total. The quantitative estimate of drug-likeness (QED) is 0.717. The monoisotopic (exact) mass is 277 g/mol. The number of H-pyrrole nitrogens is 1. The van der Waals surface area contributed by atoms with Gasteiger partial charge in [-0.15, -0.1) is 0 Å². The van der Waals surface area contributed by atoms with Crippen LogP contribution >= 0.6 is 0 Å². The van der Waals surface area contributed by atoms with Gasteiger partial charge in [-0.2, -0.15) is 0 Å². The van der Waals surface area contributed by atoms with Crippen LogP contribution < -0.4 is 10.9 Å². The first-order valence-electron chi connectivity index (χ1n) is 7.13. The highest BCUT2D eigenvalue weighted by atomic mass is 16.1. The number of hydrogen-bond donors (Lipinski definition) is 2. The first kappa shape index (κ1) is 12.3. The van der Waals surface area contributed by atoms with E-state index in [1.54, 1.807) is 6.07 Å². The fourth-order valence-corrected chi connectivity index (χ4v) is 2.85. The maximum absolute atomic E-state index is 12.2. The van der Waals surface area contributed by atoms with Crippen LogP contribution in [0.2, 0.25) is 0 Å². The van der Waals surface area contributed by atoms with Gasteiger partial charge in [-0.1, -0.05) is 24.3 Å². The number of fused-ring (bicyclic) bond motifs is 2. The molecule has 0 bridgehead atoms. The van der Waals surface area contributed by atoms with Gasteiger partial charge in [0.15, 0.2) is 0 Å². The van der Waals surface area contributed by atoms with Gasteiger partial charge in [0.2, 0.25) is 0 Å². The van der Waals surface area contributed by atoms with Crippen LogP contribution in [0.1, 0.15) is 11.1 Å². The fourth-order valence-electron chi connectivity index (χ4n) is 2.85. The topological polar surface area (TPSA) is 57.8 Å². The summed E-state index contributed by atoms with van der Waals surface area (Å²) in [7, 11) is 0. The zero-order valence-corrected chi connectivity index (χ0v) is 11.5. The van der Waals surface area contributed by atoms with Crippen molar-refractivity contribution in [3.63, 3.8) is 0 Å². The molecular weight excluding hydrogens is 262 g/mol. The number of nitrogens with one attached hydrogen (secondary N) is 2. The molecule has 0 atom stereocenters. The average Bonchev–Trinajstić information content (AvgIpc) is 2.54. The summed E-state index contributed by atoms with van der Waals surface area (Å²) in [6.45, 7) is 1.91. The Morgan fingerprint density at radius 2 is 1.95 bits per heavy atom. The second kappa shape index (κ2) is 4.82. The molecule has 0 saturated carbocycles. The maximum atomic E-state index is 12.2. The van der Waals surface area contributed by atoms with Crippen LogP contribution in [0.4, 0.5) is 0 Å². The average molecular weight is 277 g/mol. The smallest absolute Gasteiger partial charge is 0.259 e. The zero-order chi connectivity index (χ0) is 14.2. The van der Waals surface area contributed by atoms with Crippen molar-refractivity contribution >= 4 is 10.9 Å². The number of para-hydroxylation sites is 1. The predicted octanol–water partition coefficient (Wildman–Crippen LogP) is 2.24. The molecule has 104 valence electrons. The predicted molar refractivity (Wildman–Crippen MR) is 83.2 cm³/mol. The highest BCUT2D eigenvalue weighted by Crippen LogP contribution is 2.22. The molecule has 21 heavy (non-hydrogen) atoms. The SMILES string of the molecule is O=c1[nH]c(-c2ccc3c(c2)CCNC3)nc2ccccc12. The Bertz CT molecular complexity index is 883. The minimum absolute atomic E-state index is 0.0880. The third kappa shape index (κ3) is 2.14. The van der Waals surface area contributed by atoms with Gasteiger partial charge in [-0.25, -0.2) is 4.98 Å². The van der Waals surface area contributed by atoms with Gasteiger partial charge in [0, 0.05) is 12.1 Å². The molecule has 0 amide bonds. The zero-order valence-electron chi connectivity index (χ0n) is 11.5. The van der Waals surface area contributed by atoms with E-state index in [1.165, 1.54) is 11.1 Å². The second-order valence-corrected chi connectivity index (χ2v) is 5.34. The van der Waals surface area contributed by atoms with Crippen molar-refractivity contribution in [1.29, 1.82) is 0 Å². The summed E-state index contributed by atoms with van der Waals surface area (Å²) in [5, 5.41) is 3.99. The summed E-state index contributed by atoms with van der Waals surface area (Å²) >= 11 is 0. The molecule has 2 aromatic carbocycles. The van der Waals surface area contributed by atoms with Gasteiger partial charge < -0.3 is 10.3 Å². The first-order chi connectivity index (χ1) is 10.3. The van der Waals surface area contributed by atoms with E-state index in [4.69, 9.17) is 0 Å². The van der Waals surface area contributed by atoms with E-state index >= 15 is 0 Å². The van der Waals surface area contributed by atoms with Crippen LogP contribution in [0.15, 0.2) is 47.3 Å². The summed E-state index contributed by atoms with van der Waals surface area (Å²) in [5.74, 6) is 0.639. The van der Waals surface area contributed by atoms with Gasteiger partial charge in [0.1, 0.15) is 5.82 Å². The summed E-state index contributed by atoms with van der Waals surface area (Å²) in [6, 6.07) is 13.7. The number of rotatable bonds is 1. The minimum Gasteiger partial charge on any atom is -0.312 e. The Balaban J connectivity index is 1.88. The number of aromatic amines is 1. The van der Waals surface area contributed by atoms with Crippen molar-refractivity contribution in [3.05, 3.63) is 63.9 Å². The molecule has 1 aromatic heterocycles. The summed E-state index contributed by atoms with van der Waals surface area (Å²) < 4.78 is 0. The van der Waals surface area contributed by atoms with Crippen molar-refractivity contribution in [2.45, 2.75) is 13.0 Å². The maximum Gasteiger partial charge on any atom is 0.259 e. The molecule has 0 spiro atoms. The van der Waals surface area contributed by atoms with Crippen LogP contribution in [0.3, 0.4) is 0 Å². The highest BCUT2D eigenvalue weighted by Gasteiger charge is 2.11. The Morgan fingerprint density at radius 3 is 2.90 bits per heavy atom. The third-order valence-electron chi connectivity index (χ3n) is 3.98. The van der Waals surface area contributed by atoms with E-state index in [2.05, 4.69) is 27.4 Å². The van der Waals surface area contributed by atoms with E-state index in [1.807, 2.05) is 24.3 Å². The van der Waals surface area contributed by atoms with E-state index in [-0.39, 0.29) is 5.56 Å². The highest BCUT2D eigenvalue weighted by molar-refractivity contribution is 5.79. The van der Waals surface area contributed by atoms with Crippen molar-refractivity contribution in [1.82, 2.24) is 15.3 Å². The lowest BCUT2D eigenvalue weighted by atomic mass is 9.98. The minimum atomic E-state index is -0.0880. The van der Waals surface area contributed by atoms with Crippen LogP contribution in [-0.4, -0.2) is 16.5 Å². The van der Waals surface area contributed by atoms with Crippen molar-refractivity contribution < 1.29 is 0 Å². The van der Waals surface area contributed by atoms with E-state index in [9.17, 15) is 4.79 Å². The van der Waals surface area contributed by atoms with Crippen molar-refractivity contribution in [3.8, 4) is 11.4 Å². The molecule has 0 unspecified atom stereocenters. The number of benzene rings is 2. The molecule has 0 fully saturated rings. The molecule has 0 saturated heterocycles. The first-order valence-corrected chi connectivity index (χ1v) is 7.13. The molecule has 2 heterocycles. The van der Waals surface area contributed by atoms with E-state index in [0.717, 1.165) is 30.6 Å². The van der Waals surface area contributed by atoms with Gasteiger partial charge in [-0.05, 0) is 42.3 Å². The number of aromatic nitrogens is 2. The summed E-state index contributed by atoms with van der Waals surface area (Å²) in [4.78, 5) is 19.6. The normalized spacial score (nSPS) is 14.1. The number of nitrogens with zero attached hydrogens (tertiary/aromatic N) is 1. The standard InChI is InChI=1S/C17H15N3O/c21-17-14-3-1-2-4-15(14)19-16(20-17)12-5-6-13-10-18-8-7-11(13)9-12/h1-6,9,18H,7-8,10H2,(H,19,20,21). The van der Waals surface area contributed by atoms with Crippen LogP contribution in [0, 0.1) is 0 Å². The Kier molecular flexibility index (Phi) is 2.82. The molecule has 4 nitrogen and oxygen atoms in total. The molecule has 0 radical (unpaired) electrons. The Labute approximate surface area is 121 Å². The summed E-state index contributed by atoms with van der Waals surface area (Å²) in [6.07, 6.45) is 1.01. The van der Waals surface area contributed by atoms with Crippen molar-refractivity contribution in [2.75, 3.05) is 6.54 Å². The molecule has 1 aliphatic heterocycles. The second-order valence-electron chi connectivity index (χ2n) is 5.34. The van der Waals surface area contributed by atoms with E-state index < -0.39 is 0 Å².